The Kier molecular flexibility index (Phi) is 4.88. The number of hydrogen-bond acceptors (Lipinski definition) is 5. The number of hydrogen-bond donors (Lipinski definition) is 2. The highest BCUT2D eigenvalue weighted by atomic mass is 16.6. The second kappa shape index (κ2) is 6.68. The fourth-order valence-corrected chi connectivity index (χ4v) is 1.94. The Morgan fingerprint density at radius 1 is 1.30 bits per heavy atom. The second-order valence-electron chi connectivity index (χ2n) is 6.14. The van der Waals surface area contributed by atoms with Crippen molar-refractivity contribution in [3.8, 4) is 0 Å². The van der Waals surface area contributed by atoms with Crippen molar-refractivity contribution in [3.63, 3.8) is 0 Å². The zero-order valence-corrected chi connectivity index (χ0v) is 13.7. The number of anilines is 1. The van der Waals surface area contributed by atoms with Crippen LogP contribution >= 0.6 is 0 Å². The van der Waals surface area contributed by atoms with Gasteiger partial charge in [-0.05, 0) is 39.0 Å². The van der Waals surface area contributed by atoms with Crippen molar-refractivity contribution in [1.82, 2.24) is 10.3 Å². The van der Waals surface area contributed by atoms with Crippen LogP contribution in [-0.2, 0) is 9.53 Å². The van der Waals surface area contributed by atoms with Crippen LogP contribution in [0.2, 0.25) is 0 Å². The van der Waals surface area contributed by atoms with Gasteiger partial charge in [-0.25, -0.2) is 9.78 Å². The molecule has 0 spiro atoms. The van der Waals surface area contributed by atoms with Gasteiger partial charge in [0.15, 0.2) is 11.5 Å². The van der Waals surface area contributed by atoms with E-state index in [1.54, 1.807) is 45.9 Å². The number of benzene rings is 1. The molecule has 2 amide bonds. The van der Waals surface area contributed by atoms with Crippen molar-refractivity contribution >= 4 is 28.8 Å². The Bertz CT molecular complexity index is 716. The topological polar surface area (TPSA) is 93.5 Å². The highest BCUT2D eigenvalue weighted by Gasteiger charge is 2.16. The standard InChI is InChI=1S/C16H21N3O4/c1-10-18-12-9-11(5-6-13(12)22-10)19-14(20)7-8-17-15(21)23-16(2,3)4/h5-6,9H,7-8H2,1-4H3,(H,17,21)(H,19,20). The lowest BCUT2D eigenvalue weighted by molar-refractivity contribution is -0.116. The number of carbonyl (C=O) groups excluding carboxylic acids is 2. The predicted molar refractivity (Wildman–Crippen MR) is 86.2 cm³/mol. The van der Waals surface area contributed by atoms with Gasteiger partial charge >= 0.3 is 6.09 Å². The van der Waals surface area contributed by atoms with E-state index >= 15 is 0 Å². The van der Waals surface area contributed by atoms with E-state index in [1.807, 2.05) is 0 Å². The van der Waals surface area contributed by atoms with E-state index < -0.39 is 11.7 Å². The summed E-state index contributed by atoms with van der Waals surface area (Å²) in [5, 5.41) is 5.29. The van der Waals surface area contributed by atoms with Crippen molar-refractivity contribution in [2.75, 3.05) is 11.9 Å². The monoisotopic (exact) mass is 319 g/mol. The molecule has 0 aliphatic carbocycles. The molecule has 0 aliphatic rings. The predicted octanol–water partition coefficient (Wildman–Crippen LogP) is 2.99. The fourth-order valence-electron chi connectivity index (χ4n) is 1.94. The second-order valence-corrected chi connectivity index (χ2v) is 6.14. The van der Waals surface area contributed by atoms with Crippen LogP contribution < -0.4 is 10.6 Å². The number of carbonyl (C=O) groups is 2. The molecule has 2 N–H and O–H groups in total. The summed E-state index contributed by atoms with van der Waals surface area (Å²) in [4.78, 5) is 27.5. The summed E-state index contributed by atoms with van der Waals surface area (Å²) in [5.74, 6) is 0.366. The zero-order valence-electron chi connectivity index (χ0n) is 13.7. The largest absolute Gasteiger partial charge is 0.444 e. The molecule has 1 aromatic carbocycles. The van der Waals surface area contributed by atoms with Crippen molar-refractivity contribution < 1.29 is 18.7 Å². The van der Waals surface area contributed by atoms with Crippen LogP contribution in [-0.4, -0.2) is 29.1 Å². The van der Waals surface area contributed by atoms with Gasteiger partial charge in [0.05, 0.1) is 0 Å². The third-order valence-corrected chi connectivity index (χ3v) is 2.80. The van der Waals surface area contributed by atoms with Crippen molar-refractivity contribution in [2.45, 2.75) is 39.7 Å². The molecule has 0 radical (unpaired) electrons. The number of nitrogens with zero attached hydrogens (tertiary/aromatic N) is 1. The summed E-state index contributed by atoms with van der Waals surface area (Å²) in [5.41, 5.74) is 1.43. The first-order valence-electron chi connectivity index (χ1n) is 7.37. The van der Waals surface area contributed by atoms with E-state index in [-0.39, 0.29) is 18.9 Å². The zero-order chi connectivity index (χ0) is 17.0. The average molecular weight is 319 g/mol. The van der Waals surface area contributed by atoms with Crippen LogP contribution in [0.5, 0.6) is 0 Å². The molecule has 0 fully saturated rings. The van der Waals surface area contributed by atoms with E-state index in [2.05, 4.69) is 15.6 Å². The fraction of sp³-hybridized carbons (Fsp3) is 0.438. The Morgan fingerprint density at radius 3 is 2.74 bits per heavy atom. The molecule has 23 heavy (non-hydrogen) atoms. The normalized spacial score (nSPS) is 11.3. The summed E-state index contributed by atoms with van der Waals surface area (Å²) >= 11 is 0. The summed E-state index contributed by atoms with van der Waals surface area (Å²) in [6, 6.07) is 5.24. The first kappa shape index (κ1) is 16.8. The van der Waals surface area contributed by atoms with Crippen LogP contribution in [0.1, 0.15) is 33.1 Å². The maximum Gasteiger partial charge on any atom is 0.407 e. The van der Waals surface area contributed by atoms with Crippen LogP contribution in [0.15, 0.2) is 22.6 Å². The van der Waals surface area contributed by atoms with Gasteiger partial charge in [0.1, 0.15) is 11.1 Å². The van der Waals surface area contributed by atoms with Gasteiger partial charge in [0, 0.05) is 25.6 Å². The van der Waals surface area contributed by atoms with E-state index in [4.69, 9.17) is 9.15 Å². The van der Waals surface area contributed by atoms with Gasteiger partial charge < -0.3 is 19.8 Å². The third-order valence-electron chi connectivity index (χ3n) is 2.80. The van der Waals surface area contributed by atoms with E-state index in [0.717, 1.165) is 0 Å². The number of fused-ring (bicyclic) bond motifs is 1. The molecule has 124 valence electrons. The summed E-state index contributed by atoms with van der Waals surface area (Å²) in [7, 11) is 0. The summed E-state index contributed by atoms with van der Waals surface area (Å²) in [6.07, 6.45) is -0.389. The Balaban J connectivity index is 1.80. The number of rotatable bonds is 4. The van der Waals surface area contributed by atoms with Crippen LogP contribution in [0.3, 0.4) is 0 Å². The molecule has 0 bridgehead atoms. The van der Waals surface area contributed by atoms with E-state index in [1.165, 1.54) is 0 Å². The number of oxazole rings is 1. The van der Waals surface area contributed by atoms with Gasteiger partial charge in [-0.3, -0.25) is 4.79 Å². The molecular weight excluding hydrogens is 298 g/mol. The highest BCUT2D eigenvalue weighted by molar-refractivity contribution is 5.93. The summed E-state index contributed by atoms with van der Waals surface area (Å²) < 4.78 is 10.5. The number of ether oxygens (including phenoxy) is 1. The smallest absolute Gasteiger partial charge is 0.407 e. The molecule has 1 heterocycles. The van der Waals surface area contributed by atoms with Gasteiger partial charge in [-0.1, -0.05) is 0 Å². The quantitative estimate of drug-likeness (QED) is 0.903. The first-order valence-corrected chi connectivity index (χ1v) is 7.37. The lowest BCUT2D eigenvalue weighted by Gasteiger charge is -2.19. The van der Waals surface area contributed by atoms with Gasteiger partial charge in [-0.2, -0.15) is 0 Å². The molecule has 2 rings (SSSR count). The third kappa shape index (κ3) is 5.28. The summed E-state index contributed by atoms with van der Waals surface area (Å²) in [6.45, 7) is 7.30. The molecule has 0 atom stereocenters. The minimum atomic E-state index is -0.558. The van der Waals surface area contributed by atoms with E-state index in [0.29, 0.717) is 22.7 Å². The van der Waals surface area contributed by atoms with Crippen molar-refractivity contribution in [1.29, 1.82) is 0 Å². The maximum atomic E-state index is 11.9. The van der Waals surface area contributed by atoms with E-state index in [9.17, 15) is 9.59 Å². The minimum absolute atomic E-state index is 0.148. The average Bonchev–Trinajstić information content (AvgIpc) is 2.75. The molecule has 7 nitrogen and oxygen atoms in total. The molecule has 0 aliphatic heterocycles. The molecular formula is C16H21N3O4. The number of nitrogens with one attached hydrogen (secondary N) is 2. The molecule has 2 aromatic rings. The Hall–Kier alpha value is -2.57. The van der Waals surface area contributed by atoms with Crippen LogP contribution in [0.25, 0.3) is 11.1 Å². The Labute approximate surface area is 134 Å². The lowest BCUT2D eigenvalue weighted by Crippen LogP contribution is -2.34. The van der Waals surface area contributed by atoms with Gasteiger partial charge in [0.25, 0.3) is 0 Å². The van der Waals surface area contributed by atoms with Gasteiger partial charge in [0.2, 0.25) is 5.91 Å². The molecule has 0 saturated carbocycles. The molecule has 0 saturated heterocycles. The van der Waals surface area contributed by atoms with Crippen molar-refractivity contribution in [2.24, 2.45) is 0 Å². The molecule has 7 heteroatoms. The first-order chi connectivity index (χ1) is 10.7. The minimum Gasteiger partial charge on any atom is -0.444 e. The molecule has 0 unspecified atom stereocenters. The number of aryl methyl sites for hydroxylation is 1. The number of amides is 2. The number of aromatic nitrogens is 1. The van der Waals surface area contributed by atoms with Crippen LogP contribution in [0, 0.1) is 6.92 Å². The molecule has 1 aromatic heterocycles. The maximum absolute atomic E-state index is 11.9. The van der Waals surface area contributed by atoms with Crippen molar-refractivity contribution in [3.05, 3.63) is 24.1 Å². The number of alkyl carbamates (subject to hydrolysis) is 1. The van der Waals surface area contributed by atoms with Crippen LogP contribution in [0.4, 0.5) is 10.5 Å². The van der Waals surface area contributed by atoms with Gasteiger partial charge in [-0.15, -0.1) is 0 Å². The lowest BCUT2D eigenvalue weighted by atomic mass is 10.2. The highest BCUT2D eigenvalue weighted by Crippen LogP contribution is 2.19. The SMILES string of the molecule is Cc1nc2cc(NC(=O)CCNC(=O)OC(C)(C)C)ccc2o1. The Morgan fingerprint density at radius 2 is 2.04 bits per heavy atom.